The number of ether oxygens (including phenoxy) is 1. The average Bonchev–Trinajstić information content (AvgIpc) is 2.94. The Labute approximate surface area is 174 Å². The van der Waals surface area contributed by atoms with Crippen molar-refractivity contribution < 1.29 is 9.53 Å². The van der Waals surface area contributed by atoms with Gasteiger partial charge in [-0.2, -0.15) is 11.8 Å². The van der Waals surface area contributed by atoms with Gasteiger partial charge in [0.2, 0.25) is 0 Å². The molecule has 2 aliphatic rings. The molecule has 2 aliphatic heterocycles. The van der Waals surface area contributed by atoms with Crippen molar-refractivity contribution in [1.29, 1.82) is 0 Å². The Kier molecular flexibility index (Phi) is 7.77. The van der Waals surface area contributed by atoms with E-state index in [1.807, 2.05) is 18.7 Å². The molecule has 2 atom stereocenters. The molecule has 3 rings (SSSR count). The lowest BCUT2D eigenvalue weighted by Crippen LogP contribution is -2.50. The van der Waals surface area contributed by atoms with Crippen LogP contribution in [0.4, 0.5) is 10.5 Å². The van der Waals surface area contributed by atoms with Crippen LogP contribution >= 0.6 is 11.8 Å². The molecule has 2 unspecified atom stereocenters. The lowest BCUT2D eigenvalue weighted by atomic mass is 10.0. The van der Waals surface area contributed by atoms with Crippen LogP contribution < -0.4 is 9.64 Å². The third-order valence-electron chi connectivity index (χ3n) is 5.89. The Bertz CT molecular complexity index is 619. The molecular formula is C22H35N3O2S. The normalized spacial score (nSPS) is 23.5. The number of carbonyl (C=O) groups is 1. The van der Waals surface area contributed by atoms with Crippen molar-refractivity contribution in [2.45, 2.75) is 39.7 Å². The minimum Gasteiger partial charge on any atom is -0.494 e. The molecule has 0 saturated carbocycles. The molecule has 0 aliphatic carbocycles. The molecule has 0 bridgehead atoms. The summed E-state index contributed by atoms with van der Waals surface area (Å²) < 4.78 is 5.61. The molecule has 1 aromatic rings. The van der Waals surface area contributed by atoms with Crippen LogP contribution in [0.2, 0.25) is 0 Å². The Hall–Kier alpha value is -1.56. The second kappa shape index (κ2) is 10.3. The lowest BCUT2D eigenvalue weighted by molar-refractivity contribution is 0.150. The van der Waals surface area contributed by atoms with Crippen molar-refractivity contribution in [2.24, 2.45) is 5.92 Å². The van der Waals surface area contributed by atoms with Gasteiger partial charge in [-0.25, -0.2) is 4.79 Å². The summed E-state index contributed by atoms with van der Waals surface area (Å²) in [7, 11) is 0. The summed E-state index contributed by atoms with van der Waals surface area (Å²) in [5.74, 6) is 3.53. The Morgan fingerprint density at radius 1 is 1.00 bits per heavy atom. The first-order chi connectivity index (χ1) is 13.7. The van der Waals surface area contributed by atoms with Gasteiger partial charge in [0.05, 0.1) is 6.61 Å². The zero-order chi connectivity index (χ0) is 19.9. The number of thioether (sulfide) groups is 1. The summed E-state index contributed by atoms with van der Waals surface area (Å²) >= 11 is 1.95. The predicted molar refractivity (Wildman–Crippen MR) is 119 cm³/mol. The SMILES string of the molecule is CCOc1ccc(N2CC(CC)CN(C(=O)N3CCSCC3)CC2CC)cc1. The summed E-state index contributed by atoms with van der Waals surface area (Å²) in [6.45, 7) is 11.6. The lowest BCUT2D eigenvalue weighted by Gasteiger charge is -2.35. The summed E-state index contributed by atoms with van der Waals surface area (Å²) in [6.07, 6.45) is 2.12. The van der Waals surface area contributed by atoms with E-state index in [0.29, 0.717) is 18.6 Å². The smallest absolute Gasteiger partial charge is 0.320 e. The summed E-state index contributed by atoms with van der Waals surface area (Å²) in [4.78, 5) is 19.9. The minimum absolute atomic E-state index is 0.241. The topological polar surface area (TPSA) is 36.0 Å². The molecule has 2 heterocycles. The van der Waals surface area contributed by atoms with Gasteiger partial charge in [-0.05, 0) is 49.9 Å². The van der Waals surface area contributed by atoms with Gasteiger partial charge >= 0.3 is 6.03 Å². The van der Waals surface area contributed by atoms with Crippen molar-refractivity contribution in [2.75, 3.05) is 55.7 Å². The number of urea groups is 1. The molecule has 0 aromatic heterocycles. The van der Waals surface area contributed by atoms with Gasteiger partial charge in [0.15, 0.2) is 0 Å². The monoisotopic (exact) mass is 405 g/mol. The third kappa shape index (κ3) is 5.07. The second-order valence-electron chi connectivity index (χ2n) is 7.70. The van der Waals surface area contributed by atoms with Crippen LogP contribution in [0, 0.1) is 5.92 Å². The van der Waals surface area contributed by atoms with Crippen LogP contribution in [0.15, 0.2) is 24.3 Å². The van der Waals surface area contributed by atoms with Gasteiger partial charge in [0.25, 0.3) is 0 Å². The highest BCUT2D eigenvalue weighted by Gasteiger charge is 2.33. The highest BCUT2D eigenvalue weighted by Crippen LogP contribution is 2.28. The fourth-order valence-corrected chi connectivity index (χ4v) is 5.06. The van der Waals surface area contributed by atoms with E-state index in [2.05, 4.69) is 52.8 Å². The second-order valence-corrected chi connectivity index (χ2v) is 8.93. The molecule has 2 saturated heterocycles. The first-order valence-corrected chi connectivity index (χ1v) is 11.9. The fraction of sp³-hybridized carbons (Fsp3) is 0.682. The van der Waals surface area contributed by atoms with E-state index in [1.165, 1.54) is 5.69 Å². The van der Waals surface area contributed by atoms with Gasteiger partial charge in [-0.1, -0.05) is 13.8 Å². The van der Waals surface area contributed by atoms with E-state index < -0.39 is 0 Å². The number of nitrogens with zero attached hydrogens (tertiary/aromatic N) is 3. The van der Waals surface area contributed by atoms with Gasteiger partial charge in [0, 0.05) is 56.0 Å². The van der Waals surface area contributed by atoms with Gasteiger partial charge in [-0.15, -0.1) is 0 Å². The Morgan fingerprint density at radius 3 is 2.32 bits per heavy atom. The highest BCUT2D eigenvalue weighted by molar-refractivity contribution is 7.99. The Balaban J connectivity index is 1.78. The van der Waals surface area contributed by atoms with Gasteiger partial charge < -0.3 is 19.4 Å². The fourth-order valence-electron chi connectivity index (χ4n) is 4.16. The molecule has 156 valence electrons. The predicted octanol–water partition coefficient (Wildman–Crippen LogP) is 4.18. The largest absolute Gasteiger partial charge is 0.494 e. The highest BCUT2D eigenvalue weighted by atomic mass is 32.2. The maximum Gasteiger partial charge on any atom is 0.320 e. The molecule has 2 amide bonds. The maximum atomic E-state index is 13.2. The van der Waals surface area contributed by atoms with Crippen LogP contribution in [-0.4, -0.2) is 72.7 Å². The van der Waals surface area contributed by atoms with Crippen molar-refractivity contribution in [3.8, 4) is 5.75 Å². The molecular weight excluding hydrogens is 370 g/mol. The molecule has 0 radical (unpaired) electrons. The van der Waals surface area contributed by atoms with E-state index in [4.69, 9.17) is 4.74 Å². The maximum absolute atomic E-state index is 13.2. The number of carbonyl (C=O) groups excluding carboxylic acids is 1. The molecule has 2 fully saturated rings. The quantitative estimate of drug-likeness (QED) is 0.736. The van der Waals surface area contributed by atoms with Crippen LogP contribution in [0.5, 0.6) is 5.75 Å². The average molecular weight is 406 g/mol. The number of benzene rings is 1. The number of hydrogen-bond acceptors (Lipinski definition) is 4. The summed E-state index contributed by atoms with van der Waals surface area (Å²) in [5, 5.41) is 0. The van der Waals surface area contributed by atoms with Crippen molar-refractivity contribution in [1.82, 2.24) is 9.80 Å². The van der Waals surface area contributed by atoms with E-state index >= 15 is 0 Å². The van der Waals surface area contributed by atoms with E-state index in [0.717, 1.165) is 62.8 Å². The first-order valence-electron chi connectivity index (χ1n) is 10.8. The first kappa shape index (κ1) is 21.2. The van der Waals surface area contributed by atoms with Crippen LogP contribution in [0.1, 0.15) is 33.6 Å². The Morgan fingerprint density at radius 2 is 1.71 bits per heavy atom. The number of amides is 2. The number of hydrogen-bond donors (Lipinski definition) is 0. The van der Waals surface area contributed by atoms with Crippen LogP contribution in [0.3, 0.4) is 0 Å². The standard InChI is InChI=1S/C22H35N3O2S/c1-4-18-15-24(22(26)23-11-13-28-14-12-23)17-19(5-2)25(16-18)20-7-9-21(10-8-20)27-6-3/h7-10,18-19H,4-6,11-17H2,1-3H3. The van der Waals surface area contributed by atoms with Crippen molar-refractivity contribution in [3.05, 3.63) is 24.3 Å². The van der Waals surface area contributed by atoms with Gasteiger partial charge in [0.1, 0.15) is 5.75 Å². The summed E-state index contributed by atoms with van der Waals surface area (Å²) in [5.41, 5.74) is 1.23. The third-order valence-corrected chi connectivity index (χ3v) is 6.83. The molecule has 5 nitrogen and oxygen atoms in total. The minimum atomic E-state index is 0.241. The van der Waals surface area contributed by atoms with Gasteiger partial charge in [-0.3, -0.25) is 0 Å². The molecule has 6 heteroatoms. The van der Waals surface area contributed by atoms with E-state index in [1.54, 1.807) is 0 Å². The zero-order valence-electron chi connectivity index (χ0n) is 17.6. The molecule has 1 aromatic carbocycles. The van der Waals surface area contributed by atoms with Crippen LogP contribution in [0.25, 0.3) is 0 Å². The molecule has 0 spiro atoms. The number of anilines is 1. The van der Waals surface area contributed by atoms with Crippen molar-refractivity contribution >= 4 is 23.5 Å². The zero-order valence-corrected chi connectivity index (χ0v) is 18.4. The molecule has 28 heavy (non-hydrogen) atoms. The van der Waals surface area contributed by atoms with E-state index in [-0.39, 0.29) is 6.03 Å². The van der Waals surface area contributed by atoms with Crippen LogP contribution in [-0.2, 0) is 0 Å². The number of rotatable bonds is 5. The van der Waals surface area contributed by atoms with Crippen molar-refractivity contribution in [3.63, 3.8) is 0 Å². The van der Waals surface area contributed by atoms with E-state index in [9.17, 15) is 4.79 Å². The summed E-state index contributed by atoms with van der Waals surface area (Å²) in [6, 6.07) is 9.04. The molecule has 0 N–H and O–H groups in total.